The number of hydrogen-bond donors (Lipinski definition) is 0. The van der Waals surface area contributed by atoms with Gasteiger partial charge in [0.05, 0.1) is 6.20 Å². The highest BCUT2D eigenvalue weighted by Gasteiger charge is 2.19. The van der Waals surface area contributed by atoms with Gasteiger partial charge in [-0.15, -0.1) is 0 Å². The molecule has 0 radical (unpaired) electrons. The predicted octanol–water partition coefficient (Wildman–Crippen LogP) is 12.6. The van der Waals surface area contributed by atoms with Crippen LogP contribution in [0.25, 0.3) is 111 Å². The van der Waals surface area contributed by atoms with Gasteiger partial charge < -0.3 is 8.83 Å². The molecule has 0 saturated heterocycles. The van der Waals surface area contributed by atoms with Gasteiger partial charge in [-0.25, -0.2) is 15.0 Å². The van der Waals surface area contributed by atoms with Gasteiger partial charge >= 0.3 is 0 Å². The first kappa shape index (κ1) is 30.2. The van der Waals surface area contributed by atoms with Gasteiger partial charge in [0, 0.05) is 44.4 Å². The molecule has 0 aliphatic rings. The number of pyridine rings is 1. The van der Waals surface area contributed by atoms with E-state index >= 15 is 0 Å². The number of nitrogens with zero attached hydrogens (tertiary/aromatic N) is 4. The van der Waals surface area contributed by atoms with E-state index in [0.29, 0.717) is 23.1 Å². The molecule has 0 N–H and O–H groups in total. The van der Waals surface area contributed by atoms with Gasteiger partial charge in [0.25, 0.3) is 0 Å². The number of fused-ring (bicyclic) bond motifs is 7. The van der Waals surface area contributed by atoms with Crippen LogP contribution in [0.5, 0.6) is 0 Å². The van der Waals surface area contributed by atoms with Crippen molar-refractivity contribution in [3.63, 3.8) is 0 Å². The first-order chi connectivity index (χ1) is 26.8. The minimum Gasteiger partial charge on any atom is -0.456 e. The highest BCUT2D eigenvalue weighted by atomic mass is 16.3. The summed E-state index contributed by atoms with van der Waals surface area (Å²) in [5.74, 6) is 1.71. The lowest BCUT2D eigenvalue weighted by molar-refractivity contribution is 0.667. The second kappa shape index (κ2) is 12.1. The van der Waals surface area contributed by atoms with E-state index in [1.165, 1.54) is 16.3 Å². The van der Waals surface area contributed by atoms with Crippen molar-refractivity contribution in [1.82, 2.24) is 19.9 Å². The maximum atomic E-state index is 6.24. The second-order valence-electron chi connectivity index (χ2n) is 13.4. The monoisotopic (exact) mass is 692 g/mol. The number of rotatable bonds is 5. The topological polar surface area (TPSA) is 77.8 Å². The summed E-state index contributed by atoms with van der Waals surface area (Å²) in [4.78, 5) is 19.6. The summed E-state index contributed by atoms with van der Waals surface area (Å²) in [6.07, 6.45) is 3.55. The van der Waals surface area contributed by atoms with Crippen LogP contribution in [0.15, 0.2) is 179 Å². The molecule has 0 amide bonds. The third kappa shape index (κ3) is 4.81. The van der Waals surface area contributed by atoms with Crippen molar-refractivity contribution in [2.75, 3.05) is 0 Å². The molecule has 0 bridgehead atoms. The standard InChI is InChI=1S/C48H28N4O2/c1-2-11-30(12-3-1)46-50-47(52-48(51-46)39-27-49-28-43-45(39)38-14-5-7-21-41(38)54-43)31-25-23-29(24-26-31)32-15-8-17-34-33(32)16-9-18-35(34)36-19-10-22-42-44(36)37-13-4-6-20-40(37)53-42/h1-28H. The maximum Gasteiger partial charge on any atom is 0.166 e. The quantitative estimate of drug-likeness (QED) is 0.179. The van der Waals surface area contributed by atoms with Gasteiger partial charge in [0.2, 0.25) is 0 Å². The Bertz CT molecular complexity index is 3220. The van der Waals surface area contributed by atoms with Gasteiger partial charge in [0.15, 0.2) is 23.1 Å². The van der Waals surface area contributed by atoms with Crippen molar-refractivity contribution in [2.24, 2.45) is 0 Å². The van der Waals surface area contributed by atoms with Crippen LogP contribution in [-0.4, -0.2) is 19.9 Å². The first-order valence-electron chi connectivity index (χ1n) is 17.9. The molecule has 0 atom stereocenters. The van der Waals surface area contributed by atoms with E-state index in [1.807, 2.05) is 72.9 Å². The van der Waals surface area contributed by atoms with Crippen LogP contribution >= 0.6 is 0 Å². The van der Waals surface area contributed by atoms with Gasteiger partial charge in [-0.05, 0) is 51.2 Å². The molecule has 6 nitrogen and oxygen atoms in total. The molecule has 4 heterocycles. The largest absolute Gasteiger partial charge is 0.456 e. The third-order valence-electron chi connectivity index (χ3n) is 10.3. The molecule has 252 valence electrons. The Labute approximate surface area is 309 Å². The number of para-hydroxylation sites is 2. The lowest BCUT2D eigenvalue weighted by Gasteiger charge is -2.13. The average molecular weight is 693 g/mol. The van der Waals surface area contributed by atoms with Crippen molar-refractivity contribution < 1.29 is 8.83 Å². The fourth-order valence-corrected chi connectivity index (χ4v) is 7.78. The van der Waals surface area contributed by atoms with Crippen LogP contribution < -0.4 is 0 Å². The second-order valence-corrected chi connectivity index (χ2v) is 13.4. The van der Waals surface area contributed by atoms with Gasteiger partial charge in [0.1, 0.15) is 16.7 Å². The lowest BCUT2D eigenvalue weighted by atomic mass is 9.91. The SMILES string of the molecule is c1ccc(-c2nc(-c3ccc(-c4cccc5c(-c6cccc7oc8ccccc8c67)cccc45)cc3)nc(-c3cncc4oc5ccccc5c34)n2)cc1. The Hall–Kier alpha value is -7.44. The Morgan fingerprint density at radius 3 is 1.54 bits per heavy atom. The van der Waals surface area contributed by atoms with Crippen LogP contribution in [0.1, 0.15) is 0 Å². The van der Waals surface area contributed by atoms with Crippen molar-refractivity contribution in [2.45, 2.75) is 0 Å². The molecule has 0 fully saturated rings. The molecule has 6 heteroatoms. The average Bonchev–Trinajstić information content (AvgIpc) is 3.82. The predicted molar refractivity (Wildman–Crippen MR) is 217 cm³/mol. The highest BCUT2D eigenvalue weighted by molar-refractivity contribution is 6.16. The van der Waals surface area contributed by atoms with E-state index in [4.69, 9.17) is 23.8 Å². The molecular weight excluding hydrogens is 665 g/mol. The molecule has 4 aromatic heterocycles. The van der Waals surface area contributed by atoms with Crippen LogP contribution in [0.4, 0.5) is 0 Å². The van der Waals surface area contributed by atoms with Crippen LogP contribution in [0.3, 0.4) is 0 Å². The van der Waals surface area contributed by atoms with Crippen LogP contribution in [0, 0.1) is 0 Å². The van der Waals surface area contributed by atoms with Gasteiger partial charge in [-0.3, -0.25) is 4.98 Å². The number of furan rings is 2. The van der Waals surface area contributed by atoms with E-state index in [-0.39, 0.29) is 0 Å². The molecule has 0 aliphatic heterocycles. The van der Waals surface area contributed by atoms with Crippen LogP contribution in [0.2, 0.25) is 0 Å². The van der Waals surface area contributed by atoms with Gasteiger partial charge in [-0.2, -0.15) is 0 Å². The van der Waals surface area contributed by atoms with E-state index in [0.717, 1.165) is 71.7 Å². The van der Waals surface area contributed by atoms with Gasteiger partial charge in [-0.1, -0.05) is 140 Å². The Morgan fingerprint density at radius 1 is 0.296 bits per heavy atom. The lowest BCUT2D eigenvalue weighted by Crippen LogP contribution is -2.00. The number of aromatic nitrogens is 4. The highest BCUT2D eigenvalue weighted by Crippen LogP contribution is 2.41. The number of benzene rings is 7. The van der Waals surface area contributed by atoms with Crippen molar-refractivity contribution in [1.29, 1.82) is 0 Å². The Kier molecular flexibility index (Phi) is 6.75. The molecule has 0 saturated carbocycles. The summed E-state index contributed by atoms with van der Waals surface area (Å²) in [6.45, 7) is 0. The molecule has 54 heavy (non-hydrogen) atoms. The smallest absolute Gasteiger partial charge is 0.166 e. The number of hydrogen-bond acceptors (Lipinski definition) is 6. The summed E-state index contributed by atoms with van der Waals surface area (Å²) >= 11 is 0. The maximum absolute atomic E-state index is 6.24. The molecule has 7 aromatic carbocycles. The molecule has 0 spiro atoms. The van der Waals surface area contributed by atoms with E-state index in [9.17, 15) is 0 Å². The summed E-state index contributed by atoms with van der Waals surface area (Å²) in [5.41, 5.74) is 10.4. The summed E-state index contributed by atoms with van der Waals surface area (Å²) in [5, 5.41) is 6.53. The first-order valence-corrected chi connectivity index (χ1v) is 17.9. The van der Waals surface area contributed by atoms with E-state index < -0.39 is 0 Å². The minimum atomic E-state index is 0.537. The fourth-order valence-electron chi connectivity index (χ4n) is 7.78. The molecule has 0 unspecified atom stereocenters. The molecule has 11 rings (SSSR count). The molecule has 0 aliphatic carbocycles. The minimum absolute atomic E-state index is 0.537. The third-order valence-corrected chi connectivity index (χ3v) is 10.3. The zero-order valence-corrected chi connectivity index (χ0v) is 28.8. The van der Waals surface area contributed by atoms with Crippen molar-refractivity contribution in [3.8, 4) is 56.4 Å². The normalized spacial score (nSPS) is 11.7. The van der Waals surface area contributed by atoms with Crippen molar-refractivity contribution in [3.05, 3.63) is 170 Å². The van der Waals surface area contributed by atoms with Crippen LogP contribution in [-0.2, 0) is 0 Å². The fraction of sp³-hybridized carbons (Fsp3) is 0. The summed E-state index contributed by atoms with van der Waals surface area (Å²) < 4.78 is 12.4. The zero-order valence-electron chi connectivity index (χ0n) is 28.8. The van der Waals surface area contributed by atoms with Crippen molar-refractivity contribution >= 4 is 54.6 Å². The summed E-state index contributed by atoms with van der Waals surface area (Å²) in [7, 11) is 0. The Morgan fingerprint density at radius 2 is 0.796 bits per heavy atom. The molecular formula is C48H28N4O2. The van der Waals surface area contributed by atoms with E-state index in [1.54, 1.807) is 6.20 Å². The zero-order chi connectivity index (χ0) is 35.6. The van der Waals surface area contributed by atoms with E-state index in [2.05, 4.69) is 96.0 Å². The molecule has 11 aromatic rings. The summed E-state index contributed by atoms with van der Waals surface area (Å²) in [6, 6.07) is 54.2. The Balaban J connectivity index is 1.03.